The molecule has 42 heavy (non-hydrogen) atoms. The number of rotatable bonds is 3. The van der Waals surface area contributed by atoms with Gasteiger partial charge in [0.2, 0.25) is 11.6 Å². The lowest BCUT2D eigenvalue weighted by Crippen LogP contribution is -2.73. The van der Waals surface area contributed by atoms with Crippen LogP contribution in [0.3, 0.4) is 0 Å². The van der Waals surface area contributed by atoms with E-state index in [4.69, 9.17) is 9.84 Å². The number of ether oxygens (including phenoxy) is 1. The van der Waals surface area contributed by atoms with Crippen molar-refractivity contribution >= 4 is 34.6 Å². The largest absolute Gasteiger partial charge is 0.379 e. The van der Waals surface area contributed by atoms with Gasteiger partial charge >= 0.3 is 0 Å². The second-order valence-electron chi connectivity index (χ2n) is 11.9. The molecule has 2 N–H and O–H groups in total. The minimum absolute atomic E-state index is 0.0572. The van der Waals surface area contributed by atoms with Crippen molar-refractivity contribution in [3.8, 4) is 0 Å². The maximum Gasteiger partial charge on any atom is 0.263 e. The molecule has 2 aromatic carbocycles. The lowest BCUT2D eigenvalue weighted by atomic mass is 9.81. The van der Waals surface area contributed by atoms with Crippen molar-refractivity contribution in [2.45, 2.75) is 52.2 Å². The summed E-state index contributed by atoms with van der Waals surface area (Å²) in [5.41, 5.74) is 5.70. The molecule has 2 aromatic rings. The molecule has 5 heterocycles. The second kappa shape index (κ2) is 11.5. The third-order valence-electron chi connectivity index (χ3n) is 9.16. The number of nitrogens with zero attached hydrogens (tertiary/aromatic N) is 5. The molecule has 3 fully saturated rings. The number of benzene rings is 2. The monoisotopic (exact) mass is 571 g/mol. The van der Waals surface area contributed by atoms with Gasteiger partial charge in [0.15, 0.2) is 0 Å². The molecule has 222 valence electrons. The van der Waals surface area contributed by atoms with E-state index in [1.54, 1.807) is 0 Å². The Bertz CT molecular complexity index is 1380. The van der Waals surface area contributed by atoms with Gasteiger partial charge in [-0.15, -0.1) is 0 Å². The average Bonchev–Trinajstić information content (AvgIpc) is 3.51. The van der Waals surface area contributed by atoms with Crippen molar-refractivity contribution in [3.63, 3.8) is 0 Å². The third-order valence-corrected chi connectivity index (χ3v) is 9.16. The van der Waals surface area contributed by atoms with Gasteiger partial charge in [-0.1, -0.05) is 35.4 Å². The molecule has 0 saturated carbocycles. The van der Waals surface area contributed by atoms with Crippen molar-refractivity contribution in [2.24, 2.45) is 22.0 Å². The third kappa shape index (κ3) is 4.86. The molecule has 2 amide bonds. The number of nitrogens with one attached hydrogen (secondary N) is 2. The van der Waals surface area contributed by atoms with E-state index < -0.39 is 5.66 Å². The van der Waals surface area contributed by atoms with Crippen LogP contribution in [0.4, 0.5) is 11.4 Å². The van der Waals surface area contributed by atoms with Gasteiger partial charge in [-0.2, -0.15) is 10.2 Å². The van der Waals surface area contributed by atoms with Crippen LogP contribution in [-0.4, -0.2) is 79.2 Å². The summed E-state index contributed by atoms with van der Waals surface area (Å²) in [4.78, 5) is 27.5. The second-order valence-corrected chi connectivity index (χ2v) is 11.9. The summed E-state index contributed by atoms with van der Waals surface area (Å²) >= 11 is 0. The zero-order valence-electron chi connectivity index (χ0n) is 25.0. The van der Waals surface area contributed by atoms with Gasteiger partial charge < -0.3 is 15.4 Å². The molecule has 2 unspecified atom stereocenters. The maximum absolute atomic E-state index is 13.2. The molecular weight excluding hydrogens is 530 g/mol. The van der Waals surface area contributed by atoms with Crippen LogP contribution in [-0.2, 0) is 14.3 Å². The number of hydrogen-bond acceptors (Lipinski definition) is 8. The lowest BCUT2D eigenvalue weighted by Gasteiger charge is -2.51. The van der Waals surface area contributed by atoms with E-state index in [9.17, 15) is 9.59 Å². The van der Waals surface area contributed by atoms with Crippen LogP contribution in [0.1, 0.15) is 37.8 Å². The summed E-state index contributed by atoms with van der Waals surface area (Å²) in [5.74, 6) is 0.528. The maximum atomic E-state index is 13.2. The normalized spacial score (nSPS) is 29.0. The summed E-state index contributed by atoms with van der Waals surface area (Å²) < 4.78 is 5.53. The summed E-state index contributed by atoms with van der Waals surface area (Å²) in [6, 6.07) is 16.2. The minimum Gasteiger partial charge on any atom is -0.379 e. The average molecular weight is 572 g/mol. The van der Waals surface area contributed by atoms with Crippen molar-refractivity contribution in [2.75, 3.05) is 49.4 Å². The number of piperidine rings is 2. The van der Waals surface area contributed by atoms with Gasteiger partial charge in [-0.25, -0.2) is 5.01 Å². The molecule has 0 aliphatic carbocycles. The smallest absolute Gasteiger partial charge is 0.263 e. The Balaban J connectivity index is 0.000000157. The predicted molar refractivity (Wildman–Crippen MR) is 165 cm³/mol. The molecule has 5 aliphatic rings. The number of fused-ring (bicyclic) bond motifs is 2. The number of amides is 2. The molecular formula is C32H41N7O3. The number of morpholine rings is 1. The highest BCUT2D eigenvalue weighted by Crippen LogP contribution is 2.43. The highest BCUT2D eigenvalue weighted by Gasteiger charge is 2.61. The lowest BCUT2D eigenvalue weighted by molar-refractivity contribution is -0.142. The van der Waals surface area contributed by atoms with Gasteiger partial charge in [-0.05, 0) is 64.8 Å². The Labute approximate surface area is 247 Å². The van der Waals surface area contributed by atoms with E-state index >= 15 is 0 Å². The fourth-order valence-electron chi connectivity index (χ4n) is 6.95. The molecule has 0 bridgehead atoms. The van der Waals surface area contributed by atoms with Crippen LogP contribution in [0.2, 0.25) is 0 Å². The highest BCUT2D eigenvalue weighted by atomic mass is 16.5. The van der Waals surface area contributed by atoms with Crippen LogP contribution < -0.4 is 20.7 Å². The van der Waals surface area contributed by atoms with E-state index in [1.807, 2.05) is 48.1 Å². The summed E-state index contributed by atoms with van der Waals surface area (Å²) in [7, 11) is 0. The van der Waals surface area contributed by atoms with E-state index in [0.29, 0.717) is 19.8 Å². The Morgan fingerprint density at radius 3 is 2.07 bits per heavy atom. The molecule has 5 aliphatic heterocycles. The van der Waals surface area contributed by atoms with Crippen LogP contribution in [0, 0.1) is 25.7 Å². The summed E-state index contributed by atoms with van der Waals surface area (Å²) in [6.07, 6.45) is 1.90. The Morgan fingerprint density at radius 2 is 1.40 bits per heavy atom. The number of hydrogen-bond donors (Lipinski definition) is 2. The molecule has 7 rings (SSSR count). The number of anilines is 2. The van der Waals surface area contributed by atoms with Crippen LogP contribution in [0.15, 0.2) is 58.7 Å². The minimum atomic E-state index is -0.763. The molecule has 4 atom stereocenters. The van der Waals surface area contributed by atoms with Gasteiger partial charge in [0, 0.05) is 49.4 Å². The summed E-state index contributed by atoms with van der Waals surface area (Å²) in [5, 5.41) is 19.2. The molecule has 0 radical (unpaired) electrons. The first-order valence-electron chi connectivity index (χ1n) is 15.0. The standard InChI is InChI=1S/C18H24N4O2.C14H17N3O/c1-13-3-5-15(6-4-13)22-18(21-9-11-24-12-10-21)16(14(2)20-22)7-8-19-17(18)23;1-9-3-5-11(6-4-9)17-13-12(10(2)16-17)7-8-15-14(13)18/h3-6,16H,7-12H2,1-2H3,(H,19,23);3-6,12-13H,7-8H2,1-2H3,(H,15,18)/t16-,18+;/m0./s1. The molecule has 10 nitrogen and oxygen atoms in total. The van der Waals surface area contributed by atoms with Crippen LogP contribution in [0.5, 0.6) is 0 Å². The SMILES string of the molecule is CC1=NN(c2ccc(C)cc2)C2C(=O)NCCC12.CC1=NN(c2ccc(C)cc2)[C@@]2(N3CCOCC3)C(=O)NCC[C@@H]12. The van der Waals surface area contributed by atoms with Crippen molar-refractivity contribution in [1.82, 2.24) is 15.5 Å². The molecule has 0 spiro atoms. The quantitative estimate of drug-likeness (QED) is 0.588. The van der Waals surface area contributed by atoms with E-state index in [2.05, 4.69) is 58.7 Å². The van der Waals surface area contributed by atoms with Gasteiger partial charge in [-0.3, -0.25) is 19.5 Å². The van der Waals surface area contributed by atoms with Crippen LogP contribution in [0.25, 0.3) is 0 Å². The first kappa shape index (κ1) is 28.4. The number of carbonyl (C=O) groups excluding carboxylic acids is 2. The molecule has 10 heteroatoms. The number of carbonyl (C=O) groups is 2. The molecule has 0 aromatic heterocycles. The highest BCUT2D eigenvalue weighted by molar-refractivity contribution is 6.03. The van der Waals surface area contributed by atoms with E-state index in [1.165, 1.54) is 11.1 Å². The van der Waals surface area contributed by atoms with Gasteiger partial charge in [0.25, 0.3) is 5.91 Å². The van der Waals surface area contributed by atoms with E-state index in [-0.39, 0.29) is 29.7 Å². The predicted octanol–water partition coefficient (Wildman–Crippen LogP) is 3.05. The van der Waals surface area contributed by atoms with Crippen molar-refractivity contribution in [1.29, 1.82) is 0 Å². The number of hydrazone groups is 2. The fraction of sp³-hybridized carbons (Fsp3) is 0.500. The Morgan fingerprint density at radius 1 is 0.786 bits per heavy atom. The zero-order chi connectivity index (χ0) is 29.4. The van der Waals surface area contributed by atoms with Crippen molar-refractivity contribution in [3.05, 3.63) is 59.7 Å². The van der Waals surface area contributed by atoms with Gasteiger partial charge in [0.05, 0.1) is 24.6 Å². The summed E-state index contributed by atoms with van der Waals surface area (Å²) in [6.45, 7) is 12.5. The molecule has 3 saturated heterocycles. The fourth-order valence-corrected chi connectivity index (χ4v) is 6.95. The zero-order valence-corrected chi connectivity index (χ0v) is 25.0. The van der Waals surface area contributed by atoms with Crippen LogP contribution >= 0.6 is 0 Å². The van der Waals surface area contributed by atoms with Gasteiger partial charge in [0.1, 0.15) is 6.04 Å². The Kier molecular flexibility index (Phi) is 7.76. The topological polar surface area (TPSA) is 102 Å². The van der Waals surface area contributed by atoms with E-state index in [0.717, 1.165) is 55.3 Å². The first-order valence-corrected chi connectivity index (χ1v) is 15.0. The Hall–Kier alpha value is -3.76. The first-order chi connectivity index (χ1) is 20.3. The van der Waals surface area contributed by atoms with Crippen molar-refractivity contribution < 1.29 is 14.3 Å². The number of aryl methyl sites for hydroxylation is 2.